The van der Waals surface area contributed by atoms with Gasteiger partial charge < -0.3 is 14.6 Å². The highest BCUT2D eigenvalue weighted by molar-refractivity contribution is 5.82. The normalized spacial score (nSPS) is 12.3. The van der Waals surface area contributed by atoms with Crippen molar-refractivity contribution in [2.75, 3.05) is 13.2 Å². The molecule has 0 aliphatic heterocycles. The van der Waals surface area contributed by atoms with Gasteiger partial charge in [0.05, 0.1) is 6.61 Å². The largest absolute Gasteiger partial charge is 0.458 e. The predicted molar refractivity (Wildman–Crippen MR) is 187 cm³/mol. The van der Waals surface area contributed by atoms with Gasteiger partial charge >= 0.3 is 11.9 Å². The fraction of sp³-hybridized carbons (Fsp3) is 0.846. The average molecular weight is 621 g/mol. The molecule has 0 saturated carbocycles. The lowest BCUT2D eigenvalue weighted by Crippen LogP contribution is -2.27. The van der Waals surface area contributed by atoms with E-state index in [1.165, 1.54) is 166 Å². The van der Waals surface area contributed by atoms with Crippen molar-refractivity contribution in [2.24, 2.45) is 0 Å². The maximum atomic E-state index is 12.0. The van der Waals surface area contributed by atoms with Crippen LogP contribution in [-0.2, 0) is 19.1 Å². The van der Waals surface area contributed by atoms with Crippen molar-refractivity contribution in [3.8, 4) is 0 Å². The van der Waals surface area contributed by atoms with Gasteiger partial charge in [0.25, 0.3) is 0 Å². The van der Waals surface area contributed by atoms with Crippen LogP contribution in [0.1, 0.15) is 194 Å². The maximum absolute atomic E-state index is 12.0. The molecule has 258 valence electrons. The highest BCUT2D eigenvalue weighted by Crippen LogP contribution is 2.14. The number of unbranched alkanes of at least 4 members (excludes halogenated alkanes) is 26. The van der Waals surface area contributed by atoms with Gasteiger partial charge in [0.1, 0.15) is 6.61 Å². The second-order valence-electron chi connectivity index (χ2n) is 12.7. The van der Waals surface area contributed by atoms with E-state index in [1.807, 2.05) is 12.2 Å². The van der Waals surface area contributed by atoms with Crippen molar-refractivity contribution in [3.63, 3.8) is 0 Å². The lowest BCUT2D eigenvalue weighted by molar-refractivity contribution is -0.155. The zero-order chi connectivity index (χ0) is 32.2. The molecule has 0 amide bonds. The number of carbonyl (C=O) groups is 2. The van der Waals surface area contributed by atoms with Crippen LogP contribution in [0.5, 0.6) is 0 Å². The topological polar surface area (TPSA) is 72.8 Å². The second kappa shape index (κ2) is 35.9. The van der Waals surface area contributed by atoms with Crippen LogP contribution in [0.4, 0.5) is 0 Å². The molecule has 0 aromatic carbocycles. The quantitative estimate of drug-likeness (QED) is 0.0440. The smallest absolute Gasteiger partial charge is 0.330 e. The molecule has 1 atom stereocenters. The minimum absolute atomic E-state index is 0.142. The number of esters is 2. The van der Waals surface area contributed by atoms with E-state index in [4.69, 9.17) is 9.47 Å². The molecule has 1 unspecified atom stereocenters. The van der Waals surface area contributed by atoms with Crippen molar-refractivity contribution in [3.05, 3.63) is 24.3 Å². The SMILES string of the molecule is CCCCCCCCCCCCCCCC=CC(=O)OCC(CO)OC(=O)C=CCCCCCCCCCCCCCCC. The van der Waals surface area contributed by atoms with Crippen LogP contribution >= 0.6 is 0 Å². The number of aliphatic hydroxyl groups is 1. The van der Waals surface area contributed by atoms with E-state index < -0.39 is 18.0 Å². The fourth-order valence-electron chi connectivity index (χ4n) is 5.47. The molecule has 0 aromatic heterocycles. The van der Waals surface area contributed by atoms with Gasteiger partial charge in [0.15, 0.2) is 6.10 Å². The summed E-state index contributed by atoms with van der Waals surface area (Å²) in [6.45, 7) is 4.01. The number of hydrogen-bond donors (Lipinski definition) is 1. The van der Waals surface area contributed by atoms with Crippen LogP contribution in [-0.4, -0.2) is 36.4 Å². The lowest BCUT2D eigenvalue weighted by atomic mass is 10.0. The summed E-state index contributed by atoms with van der Waals surface area (Å²) >= 11 is 0. The second-order valence-corrected chi connectivity index (χ2v) is 12.7. The van der Waals surface area contributed by atoms with Gasteiger partial charge in [0.2, 0.25) is 0 Å². The highest BCUT2D eigenvalue weighted by Gasteiger charge is 2.13. The van der Waals surface area contributed by atoms with E-state index in [1.54, 1.807) is 0 Å². The molecule has 0 aliphatic rings. The Kier molecular flexibility index (Phi) is 34.5. The predicted octanol–water partition coefficient (Wildman–Crippen LogP) is 11.5. The molecular weight excluding hydrogens is 548 g/mol. The first-order chi connectivity index (χ1) is 21.6. The number of allylic oxidation sites excluding steroid dienone is 2. The number of hydrogen-bond acceptors (Lipinski definition) is 5. The molecule has 0 heterocycles. The Balaban J connectivity index is 3.63. The van der Waals surface area contributed by atoms with Gasteiger partial charge in [-0.05, 0) is 25.7 Å². The van der Waals surface area contributed by atoms with Crippen LogP contribution in [0.25, 0.3) is 0 Å². The van der Waals surface area contributed by atoms with E-state index in [-0.39, 0.29) is 13.2 Å². The highest BCUT2D eigenvalue weighted by atomic mass is 16.6. The summed E-state index contributed by atoms with van der Waals surface area (Å²) < 4.78 is 10.4. The van der Waals surface area contributed by atoms with Gasteiger partial charge in [-0.15, -0.1) is 0 Å². The Labute approximate surface area is 273 Å². The first-order valence-corrected chi connectivity index (χ1v) is 18.9. The van der Waals surface area contributed by atoms with E-state index in [2.05, 4.69) is 13.8 Å². The van der Waals surface area contributed by atoms with Crippen molar-refractivity contribution >= 4 is 11.9 Å². The molecule has 0 aliphatic carbocycles. The molecule has 0 rings (SSSR count). The molecule has 1 N–H and O–H groups in total. The Morgan fingerprint density at radius 3 is 1.16 bits per heavy atom. The molecular formula is C39H72O5. The molecule has 44 heavy (non-hydrogen) atoms. The van der Waals surface area contributed by atoms with E-state index in [9.17, 15) is 14.7 Å². The van der Waals surface area contributed by atoms with E-state index in [0.717, 1.165) is 25.7 Å². The Hall–Kier alpha value is -1.62. The summed E-state index contributed by atoms with van der Waals surface area (Å²) in [6, 6.07) is 0. The number of aliphatic hydroxyl groups excluding tert-OH is 1. The third kappa shape index (κ3) is 33.3. The number of carbonyl (C=O) groups excluding carboxylic acids is 2. The van der Waals surface area contributed by atoms with E-state index in [0.29, 0.717) is 0 Å². The number of rotatable bonds is 34. The molecule has 0 spiro atoms. The van der Waals surface area contributed by atoms with Gasteiger partial charge in [-0.3, -0.25) is 0 Å². The Morgan fingerprint density at radius 1 is 0.500 bits per heavy atom. The molecule has 0 fully saturated rings. The molecule has 5 heteroatoms. The van der Waals surface area contributed by atoms with Crippen LogP contribution in [0, 0.1) is 0 Å². The summed E-state index contributed by atoms with van der Waals surface area (Å²) in [5.41, 5.74) is 0. The first kappa shape index (κ1) is 42.4. The maximum Gasteiger partial charge on any atom is 0.330 e. The van der Waals surface area contributed by atoms with Crippen LogP contribution in [0.15, 0.2) is 24.3 Å². The fourth-order valence-corrected chi connectivity index (χ4v) is 5.47. The Morgan fingerprint density at radius 2 is 0.818 bits per heavy atom. The van der Waals surface area contributed by atoms with Crippen molar-refractivity contribution in [1.82, 2.24) is 0 Å². The van der Waals surface area contributed by atoms with Crippen LogP contribution in [0.2, 0.25) is 0 Å². The third-order valence-electron chi connectivity index (χ3n) is 8.35. The standard InChI is InChI=1S/C39H72O5/c1-3-5-7-9-11-13-15-17-19-21-23-25-27-29-31-33-38(41)43-36-37(35-40)44-39(42)34-32-30-28-26-24-22-20-18-16-14-12-10-8-6-4-2/h31-34,37,40H,3-30,35-36H2,1-2H3. The molecule has 0 bridgehead atoms. The zero-order valence-corrected chi connectivity index (χ0v) is 29.2. The van der Waals surface area contributed by atoms with Crippen molar-refractivity contribution in [1.29, 1.82) is 0 Å². The van der Waals surface area contributed by atoms with Gasteiger partial charge in [-0.1, -0.05) is 180 Å². The molecule has 0 aromatic rings. The van der Waals surface area contributed by atoms with Crippen LogP contribution in [0.3, 0.4) is 0 Å². The van der Waals surface area contributed by atoms with Crippen molar-refractivity contribution in [2.45, 2.75) is 200 Å². The summed E-state index contributed by atoms with van der Waals surface area (Å²) in [6.07, 6.45) is 41.7. The molecule has 0 saturated heterocycles. The minimum Gasteiger partial charge on any atom is -0.458 e. The Bertz CT molecular complexity index is 671. The van der Waals surface area contributed by atoms with Crippen LogP contribution < -0.4 is 0 Å². The van der Waals surface area contributed by atoms with Gasteiger partial charge in [0, 0.05) is 12.2 Å². The van der Waals surface area contributed by atoms with E-state index >= 15 is 0 Å². The minimum atomic E-state index is -0.845. The van der Waals surface area contributed by atoms with Gasteiger partial charge in [-0.25, -0.2) is 9.59 Å². The zero-order valence-electron chi connectivity index (χ0n) is 29.2. The number of ether oxygens (including phenoxy) is 2. The average Bonchev–Trinajstić information content (AvgIpc) is 3.02. The molecule has 5 nitrogen and oxygen atoms in total. The van der Waals surface area contributed by atoms with Crippen molar-refractivity contribution < 1.29 is 24.2 Å². The third-order valence-corrected chi connectivity index (χ3v) is 8.35. The summed E-state index contributed by atoms with van der Waals surface area (Å²) in [5, 5.41) is 9.50. The first-order valence-electron chi connectivity index (χ1n) is 18.9. The summed E-state index contributed by atoms with van der Waals surface area (Å²) in [7, 11) is 0. The summed E-state index contributed by atoms with van der Waals surface area (Å²) in [4.78, 5) is 24.0. The van der Waals surface area contributed by atoms with Gasteiger partial charge in [-0.2, -0.15) is 0 Å². The lowest BCUT2D eigenvalue weighted by Gasteiger charge is -2.13. The summed E-state index contributed by atoms with van der Waals surface area (Å²) in [5.74, 6) is -0.972. The monoisotopic (exact) mass is 621 g/mol. The molecule has 0 radical (unpaired) electrons.